The average molecular weight is 1220 g/mol. The van der Waals surface area contributed by atoms with E-state index in [0.29, 0.717) is 134 Å². The number of benzene rings is 2. The van der Waals surface area contributed by atoms with Gasteiger partial charge in [-0.3, -0.25) is 9.59 Å². The molecular formula is C57H64Cl4N12O10. The third-order valence-corrected chi connectivity index (χ3v) is 16.6. The van der Waals surface area contributed by atoms with Gasteiger partial charge in [0, 0.05) is 62.3 Å². The van der Waals surface area contributed by atoms with Crippen molar-refractivity contribution in [3.8, 4) is 45.8 Å². The van der Waals surface area contributed by atoms with Crippen LogP contribution in [0.3, 0.4) is 0 Å². The number of morpholine rings is 1. The summed E-state index contributed by atoms with van der Waals surface area (Å²) < 4.78 is 41.9. The molecule has 4 aromatic heterocycles. The zero-order valence-electron chi connectivity index (χ0n) is 46.4. The van der Waals surface area contributed by atoms with Crippen molar-refractivity contribution >= 4 is 103 Å². The topological polar surface area (TPSA) is 251 Å². The van der Waals surface area contributed by atoms with Crippen LogP contribution in [0.2, 0.25) is 20.1 Å². The molecule has 26 heteroatoms. The van der Waals surface area contributed by atoms with Gasteiger partial charge in [-0.1, -0.05) is 59.6 Å². The monoisotopic (exact) mass is 1220 g/mol. The van der Waals surface area contributed by atoms with E-state index >= 15 is 0 Å². The number of amides is 2. The standard InChI is InChI=1S/C57H64Cl4N12O10/c1-8-45(74)66-33-10-16-80-27-37(33)64-43-18-31-35(22-62-43)68-54(70-55(31)72-14-12-57(4,76)13-15-72)48-51(60)41(79-7)21-42(52(48)61)82-26-30-25-73(24-29(3)83-30)56-32-19-44(65-38-28-81-17-11-34(38)67-46(75)9-2)63-23-36(32)69-53(71-56)47-49(58)39(77-5)20-40(78-6)50(47)59/h8-9,18-23,29-30,33-34,37-38,76H,1-2,10-17,24-28H2,3-7H3,(H,62,64)(H,63,65)(H,66,74)(H,67,75)/t29?,30?,33-,34-,37+,38+/m0/s1. The molecule has 2 unspecified atom stereocenters. The van der Waals surface area contributed by atoms with Gasteiger partial charge in [0.05, 0.1) is 125 Å². The van der Waals surface area contributed by atoms with E-state index in [2.05, 4.69) is 44.2 Å². The zero-order valence-corrected chi connectivity index (χ0v) is 49.4. The highest BCUT2D eigenvalue weighted by Crippen LogP contribution is 2.48. The summed E-state index contributed by atoms with van der Waals surface area (Å²) >= 11 is 28.6. The van der Waals surface area contributed by atoms with E-state index in [0.717, 1.165) is 0 Å². The quantitative estimate of drug-likeness (QED) is 0.0510. The minimum atomic E-state index is -0.856. The van der Waals surface area contributed by atoms with E-state index in [4.69, 9.17) is 109 Å². The van der Waals surface area contributed by atoms with Crippen LogP contribution in [0.1, 0.15) is 39.5 Å². The number of fused-ring (bicyclic) bond motifs is 2. The van der Waals surface area contributed by atoms with Gasteiger partial charge in [0.1, 0.15) is 59.0 Å². The smallest absolute Gasteiger partial charge is 0.243 e. The molecule has 22 nitrogen and oxygen atoms in total. The van der Waals surface area contributed by atoms with E-state index in [-0.39, 0.29) is 104 Å². The number of aliphatic hydroxyl groups is 1. The number of carbonyl (C=O) groups excluding carboxylic acids is 2. The van der Waals surface area contributed by atoms with Gasteiger partial charge >= 0.3 is 0 Å². The lowest BCUT2D eigenvalue weighted by molar-refractivity contribution is -0.118. The average Bonchev–Trinajstić information content (AvgIpc) is 2.87. The molecule has 0 radical (unpaired) electrons. The van der Waals surface area contributed by atoms with Crippen molar-refractivity contribution in [2.75, 3.05) is 101 Å². The van der Waals surface area contributed by atoms with Crippen molar-refractivity contribution in [2.45, 2.75) is 81.5 Å². The van der Waals surface area contributed by atoms with Gasteiger partial charge in [0.15, 0.2) is 11.6 Å². The van der Waals surface area contributed by atoms with Gasteiger partial charge < -0.3 is 69.3 Å². The SMILES string of the molecule is C=CC(=O)N[C@H]1CCOC[C@H]1Nc1cc2c(N3CC(C)OC(COc4cc(OC)c(Cl)c(-c5nc(N6CCC(C)(O)CC6)c6cc(N[C@@H]7COCC[C@@H]7NC(=O)C=C)ncc6n5)c4Cl)C3)nc(-c3c(Cl)c(OC)cc(OC)c3Cl)nc2cn1. The summed E-state index contributed by atoms with van der Waals surface area (Å²) in [7, 11) is 4.47. The molecule has 440 valence electrons. The number of hydrogen-bond donors (Lipinski definition) is 5. The molecule has 5 N–H and O–H groups in total. The number of pyridine rings is 2. The van der Waals surface area contributed by atoms with Crippen molar-refractivity contribution < 1.29 is 47.9 Å². The number of rotatable bonds is 18. The Morgan fingerprint density at radius 2 is 1.14 bits per heavy atom. The first kappa shape index (κ1) is 59.4. The Labute approximate surface area is 499 Å². The summed E-state index contributed by atoms with van der Waals surface area (Å²) in [6, 6.07) is 5.83. The molecule has 6 aromatic rings. The number of carbonyl (C=O) groups is 2. The highest BCUT2D eigenvalue weighted by Gasteiger charge is 2.35. The molecular weight excluding hydrogens is 1150 g/mol. The lowest BCUT2D eigenvalue weighted by Gasteiger charge is -2.38. The van der Waals surface area contributed by atoms with Gasteiger partial charge in [-0.05, 0) is 63.8 Å². The zero-order chi connectivity index (χ0) is 58.7. The fourth-order valence-corrected chi connectivity index (χ4v) is 12.0. The molecule has 4 aliphatic heterocycles. The molecule has 10 rings (SSSR count). The fourth-order valence-electron chi connectivity index (χ4n) is 10.7. The van der Waals surface area contributed by atoms with Crippen LogP contribution in [-0.2, 0) is 23.8 Å². The summed E-state index contributed by atoms with van der Waals surface area (Å²) in [5.41, 5.74) is 0.656. The summed E-state index contributed by atoms with van der Waals surface area (Å²) in [6.07, 6.45) is 7.00. The van der Waals surface area contributed by atoms with Crippen LogP contribution in [0, 0.1) is 0 Å². The molecule has 0 saturated carbocycles. The summed E-state index contributed by atoms with van der Waals surface area (Å²) in [5, 5.41) is 25.9. The Balaban J connectivity index is 0.982. The van der Waals surface area contributed by atoms with Gasteiger partial charge in [0.25, 0.3) is 0 Å². The predicted octanol–water partition coefficient (Wildman–Crippen LogP) is 8.10. The first-order valence-electron chi connectivity index (χ1n) is 27.1. The molecule has 0 spiro atoms. The van der Waals surface area contributed by atoms with E-state index in [9.17, 15) is 14.7 Å². The molecule has 4 saturated heterocycles. The first-order valence-corrected chi connectivity index (χ1v) is 28.6. The van der Waals surface area contributed by atoms with E-state index in [1.807, 2.05) is 26.0 Å². The van der Waals surface area contributed by atoms with Crippen LogP contribution >= 0.6 is 46.4 Å². The highest BCUT2D eigenvalue weighted by atomic mass is 35.5. The number of hydrogen-bond acceptors (Lipinski definition) is 20. The number of halogens is 4. The maximum Gasteiger partial charge on any atom is 0.243 e. The normalized spacial score (nSPS) is 21.7. The van der Waals surface area contributed by atoms with Crippen LogP contribution in [0.25, 0.3) is 44.6 Å². The Hall–Kier alpha value is -6.76. The highest BCUT2D eigenvalue weighted by molar-refractivity contribution is 6.41. The van der Waals surface area contributed by atoms with Crippen molar-refractivity contribution in [1.82, 2.24) is 40.5 Å². The predicted molar refractivity (Wildman–Crippen MR) is 319 cm³/mol. The van der Waals surface area contributed by atoms with E-state index in [1.165, 1.54) is 33.5 Å². The number of ether oxygens (including phenoxy) is 7. The largest absolute Gasteiger partial charge is 0.495 e. The maximum absolute atomic E-state index is 12.4. The third-order valence-electron chi connectivity index (χ3n) is 15.1. The fraction of sp³-hybridized carbons (Fsp3) is 0.439. The Kier molecular flexibility index (Phi) is 18.3. The molecule has 83 heavy (non-hydrogen) atoms. The molecule has 0 bridgehead atoms. The van der Waals surface area contributed by atoms with Crippen LogP contribution in [0.15, 0.2) is 62.0 Å². The van der Waals surface area contributed by atoms with Gasteiger partial charge in [-0.25, -0.2) is 29.9 Å². The molecule has 2 amide bonds. The molecule has 0 aliphatic carbocycles. The second-order valence-electron chi connectivity index (χ2n) is 20.9. The molecule has 6 atom stereocenters. The lowest BCUT2D eigenvalue weighted by Crippen LogP contribution is -2.52. The molecule has 4 fully saturated rings. The number of aromatic nitrogens is 6. The van der Waals surface area contributed by atoms with Crippen molar-refractivity contribution in [1.29, 1.82) is 0 Å². The Morgan fingerprint density at radius 3 is 1.61 bits per heavy atom. The van der Waals surface area contributed by atoms with Gasteiger partial charge in [-0.2, -0.15) is 0 Å². The van der Waals surface area contributed by atoms with Crippen LogP contribution in [0.4, 0.5) is 23.3 Å². The van der Waals surface area contributed by atoms with E-state index in [1.54, 1.807) is 24.5 Å². The van der Waals surface area contributed by atoms with Crippen LogP contribution in [0.5, 0.6) is 23.0 Å². The number of methoxy groups -OCH3 is 3. The van der Waals surface area contributed by atoms with Crippen LogP contribution in [-0.4, -0.2) is 169 Å². The number of anilines is 4. The summed E-state index contributed by atoms with van der Waals surface area (Å²) in [4.78, 5) is 58.8. The third kappa shape index (κ3) is 13.0. The number of nitrogens with zero attached hydrogens (tertiary/aromatic N) is 8. The second-order valence-corrected chi connectivity index (χ2v) is 22.4. The van der Waals surface area contributed by atoms with Crippen molar-refractivity contribution in [2.24, 2.45) is 0 Å². The first-order chi connectivity index (χ1) is 40.0. The Morgan fingerprint density at radius 1 is 0.687 bits per heavy atom. The minimum absolute atomic E-state index is 0.000643. The van der Waals surface area contributed by atoms with Gasteiger partial charge in [-0.15, -0.1) is 0 Å². The molecule has 4 aliphatic rings. The number of piperidine rings is 1. The molecule has 8 heterocycles. The summed E-state index contributed by atoms with van der Waals surface area (Å²) in [5.74, 6) is 2.99. The lowest BCUT2D eigenvalue weighted by atomic mass is 9.94. The Bertz CT molecular complexity index is 3420. The second kappa shape index (κ2) is 25.6. The van der Waals surface area contributed by atoms with E-state index < -0.39 is 11.7 Å². The molecule has 2 aromatic carbocycles. The maximum atomic E-state index is 12.4. The minimum Gasteiger partial charge on any atom is -0.495 e. The van der Waals surface area contributed by atoms with Crippen molar-refractivity contribution in [3.63, 3.8) is 0 Å². The van der Waals surface area contributed by atoms with Crippen LogP contribution < -0.4 is 50.0 Å². The number of nitrogens with one attached hydrogen (secondary N) is 4. The van der Waals surface area contributed by atoms with Gasteiger partial charge in [0.2, 0.25) is 11.8 Å². The van der Waals surface area contributed by atoms with Crippen molar-refractivity contribution in [3.05, 3.63) is 82.1 Å². The summed E-state index contributed by atoms with van der Waals surface area (Å²) in [6.45, 7) is 14.3.